The van der Waals surface area contributed by atoms with E-state index in [4.69, 9.17) is 5.73 Å². The van der Waals surface area contributed by atoms with Gasteiger partial charge in [0.15, 0.2) is 0 Å². The zero-order valence-corrected chi connectivity index (χ0v) is 10.9. The van der Waals surface area contributed by atoms with Gasteiger partial charge in [-0.3, -0.25) is 4.79 Å². The summed E-state index contributed by atoms with van der Waals surface area (Å²) in [6.07, 6.45) is 1.63. The Morgan fingerprint density at radius 3 is 2.76 bits per heavy atom. The molecule has 0 bridgehead atoms. The third-order valence-electron chi connectivity index (χ3n) is 3.13. The van der Waals surface area contributed by atoms with Crippen molar-refractivity contribution in [2.45, 2.75) is 33.2 Å². The second-order valence-corrected chi connectivity index (χ2v) is 4.54. The van der Waals surface area contributed by atoms with Gasteiger partial charge in [-0.1, -0.05) is 32.4 Å². The molecule has 0 radical (unpaired) electrons. The summed E-state index contributed by atoms with van der Waals surface area (Å²) in [6.45, 7) is 4.70. The Bertz CT molecular complexity index is 376. The van der Waals surface area contributed by atoms with E-state index in [2.05, 4.69) is 13.8 Å². The van der Waals surface area contributed by atoms with Crippen molar-refractivity contribution < 1.29 is 4.79 Å². The highest BCUT2D eigenvalue weighted by Gasteiger charge is 2.13. The van der Waals surface area contributed by atoms with Crippen LogP contribution in [0.15, 0.2) is 24.3 Å². The maximum Gasteiger partial charge on any atom is 0.226 e. The van der Waals surface area contributed by atoms with Crippen LogP contribution >= 0.6 is 0 Å². The molecule has 3 nitrogen and oxygen atoms in total. The lowest BCUT2D eigenvalue weighted by atomic mass is 10.0. The highest BCUT2D eigenvalue weighted by molar-refractivity contribution is 5.92. The van der Waals surface area contributed by atoms with Crippen molar-refractivity contribution in [1.29, 1.82) is 0 Å². The van der Waals surface area contributed by atoms with E-state index in [9.17, 15) is 4.79 Å². The van der Waals surface area contributed by atoms with Gasteiger partial charge in [-0.05, 0) is 23.6 Å². The van der Waals surface area contributed by atoms with Crippen LogP contribution < -0.4 is 10.6 Å². The molecule has 1 unspecified atom stereocenters. The first-order valence-corrected chi connectivity index (χ1v) is 6.14. The van der Waals surface area contributed by atoms with Gasteiger partial charge in [-0.25, -0.2) is 0 Å². The largest absolute Gasteiger partial charge is 0.326 e. The second kappa shape index (κ2) is 6.40. The molecule has 1 atom stereocenters. The fraction of sp³-hybridized carbons (Fsp3) is 0.500. The van der Waals surface area contributed by atoms with Gasteiger partial charge in [0.25, 0.3) is 0 Å². The average Bonchev–Trinajstić information content (AvgIpc) is 2.37. The van der Waals surface area contributed by atoms with Crippen LogP contribution in [0.25, 0.3) is 0 Å². The summed E-state index contributed by atoms with van der Waals surface area (Å²) in [5.41, 5.74) is 7.56. The predicted molar refractivity (Wildman–Crippen MR) is 71.8 cm³/mol. The number of hydrogen-bond acceptors (Lipinski definition) is 2. The molecule has 2 N–H and O–H groups in total. The smallest absolute Gasteiger partial charge is 0.226 e. The summed E-state index contributed by atoms with van der Waals surface area (Å²) in [4.78, 5) is 13.7. The van der Waals surface area contributed by atoms with Crippen molar-refractivity contribution in [3.05, 3.63) is 29.8 Å². The lowest BCUT2D eigenvalue weighted by Gasteiger charge is -2.19. The molecule has 1 rings (SSSR count). The van der Waals surface area contributed by atoms with Crippen molar-refractivity contribution in [2.24, 2.45) is 11.7 Å². The van der Waals surface area contributed by atoms with Crippen molar-refractivity contribution in [3.63, 3.8) is 0 Å². The number of nitrogens with two attached hydrogens (primary N) is 1. The molecule has 1 amide bonds. The van der Waals surface area contributed by atoms with Gasteiger partial charge in [-0.2, -0.15) is 0 Å². The van der Waals surface area contributed by atoms with E-state index in [-0.39, 0.29) is 5.91 Å². The van der Waals surface area contributed by atoms with Crippen molar-refractivity contribution in [2.75, 3.05) is 11.9 Å². The Morgan fingerprint density at radius 2 is 2.18 bits per heavy atom. The van der Waals surface area contributed by atoms with Gasteiger partial charge in [0.2, 0.25) is 5.91 Å². The Labute approximate surface area is 104 Å². The molecule has 0 saturated carbocycles. The summed E-state index contributed by atoms with van der Waals surface area (Å²) in [5.74, 6) is 0.594. The number of rotatable bonds is 5. The monoisotopic (exact) mass is 234 g/mol. The van der Waals surface area contributed by atoms with E-state index in [0.29, 0.717) is 18.9 Å². The third kappa shape index (κ3) is 3.86. The van der Waals surface area contributed by atoms with Crippen LogP contribution in [0.2, 0.25) is 0 Å². The molecule has 94 valence electrons. The number of hydrogen-bond donors (Lipinski definition) is 1. The van der Waals surface area contributed by atoms with E-state index in [1.54, 1.807) is 4.90 Å². The molecule has 1 aromatic carbocycles. The van der Waals surface area contributed by atoms with Crippen molar-refractivity contribution in [1.82, 2.24) is 0 Å². The zero-order chi connectivity index (χ0) is 12.8. The average molecular weight is 234 g/mol. The van der Waals surface area contributed by atoms with Gasteiger partial charge < -0.3 is 10.6 Å². The number of carbonyl (C=O) groups is 1. The molecule has 0 spiro atoms. The Hall–Kier alpha value is -1.35. The van der Waals surface area contributed by atoms with Crippen LogP contribution in [-0.4, -0.2) is 13.0 Å². The Kier molecular flexibility index (Phi) is 5.16. The maximum absolute atomic E-state index is 12.0. The highest BCUT2D eigenvalue weighted by Crippen LogP contribution is 2.17. The molecule has 0 saturated heterocycles. The normalized spacial score (nSPS) is 12.2. The minimum Gasteiger partial charge on any atom is -0.326 e. The predicted octanol–water partition coefficient (Wildman–Crippen LogP) is 2.54. The van der Waals surface area contributed by atoms with E-state index in [0.717, 1.165) is 17.7 Å². The van der Waals surface area contributed by atoms with Crippen molar-refractivity contribution >= 4 is 11.6 Å². The lowest BCUT2D eigenvalue weighted by molar-refractivity contribution is -0.119. The van der Waals surface area contributed by atoms with E-state index < -0.39 is 0 Å². The second-order valence-electron chi connectivity index (χ2n) is 4.54. The van der Waals surface area contributed by atoms with E-state index >= 15 is 0 Å². The fourth-order valence-electron chi connectivity index (χ4n) is 1.62. The zero-order valence-electron chi connectivity index (χ0n) is 10.9. The van der Waals surface area contributed by atoms with Gasteiger partial charge >= 0.3 is 0 Å². The summed E-state index contributed by atoms with van der Waals surface area (Å²) in [7, 11) is 1.82. The number of nitrogens with zero attached hydrogens (tertiary/aromatic N) is 1. The van der Waals surface area contributed by atoms with E-state index in [1.807, 2.05) is 31.3 Å². The van der Waals surface area contributed by atoms with Crippen LogP contribution in [0.5, 0.6) is 0 Å². The SMILES string of the molecule is CCC(C)CC(=O)N(C)c1cccc(CN)c1. The first-order chi connectivity index (χ1) is 8.08. The lowest BCUT2D eigenvalue weighted by Crippen LogP contribution is -2.27. The van der Waals surface area contributed by atoms with Crippen LogP contribution in [0.1, 0.15) is 32.3 Å². The first kappa shape index (κ1) is 13.7. The highest BCUT2D eigenvalue weighted by atomic mass is 16.2. The summed E-state index contributed by atoms with van der Waals surface area (Å²) in [5, 5.41) is 0. The summed E-state index contributed by atoms with van der Waals surface area (Å²) >= 11 is 0. The Morgan fingerprint density at radius 1 is 1.47 bits per heavy atom. The van der Waals surface area contributed by atoms with Gasteiger partial charge in [0.1, 0.15) is 0 Å². The third-order valence-corrected chi connectivity index (χ3v) is 3.13. The topological polar surface area (TPSA) is 46.3 Å². The molecule has 0 aromatic heterocycles. The van der Waals surface area contributed by atoms with Crippen LogP contribution in [0, 0.1) is 5.92 Å². The molecular formula is C14H22N2O. The van der Waals surface area contributed by atoms with E-state index in [1.165, 1.54) is 0 Å². The molecule has 0 aliphatic carbocycles. The molecule has 0 fully saturated rings. The van der Waals surface area contributed by atoms with Gasteiger partial charge in [-0.15, -0.1) is 0 Å². The van der Waals surface area contributed by atoms with Crippen LogP contribution in [0.4, 0.5) is 5.69 Å². The minimum absolute atomic E-state index is 0.161. The number of anilines is 1. The molecule has 0 aliphatic heterocycles. The van der Waals surface area contributed by atoms with Crippen LogP contribution in [-0.2, 0) is 11.3 Å². The van der Waals surface area contributed by atoms with Gasteiger partial charge in [0, 0.05) is 25.7 Å². The van der Waals surface area contributed by atoms with Gasteiger partial charge in [0.05, 0.1) is 0 Å². The quantitative estimate of drug-likeness (QED) is 0.851. The molecular weight excluding hydrogens is 212 g/mol. The van der Waals surface area contributed by atoms with Crippen LogP contribution in [0.3, 0.4) is 0 Å². The number of amides is 1. The molecule has 0 heterocycles. The Balaban J connectivity index is 2.74. The summed E-state index contributed by atoms with van der Waals surface area (Å²) < 4.78 is 0. The molecule has 3 heteroatoms. The molecule has 1 aromatic rings. The minimum atomic E-state index is 0.161. The first-order valence-electron chi connectivity index (χ1n) is 6.14. The molecule has 0 aliphatic rings. The maximum atomic E-state index is 12.0. The fourth-order valence-corrected chi connectivity index (χ4v) is 1.62. The number of carbonyl (C=O) groups excluding carboxylic acids is 1. The standard InChI is InChI=1S/C14H22N2O/c1-4-11(2)8-14(17)16(3)13-7-5-6-12(9-13)10-15/h5-7,9,11H,4,8,10,15H2,1-3H3. The molecule has 17 heavy (non-hydrogen) atoms. The number of benzene rings is 1. The summed E-state index contributed by atoms with van der Waals surface area (Å²) in [6, 6.07) is 7.81. The van der Waals surface area contributed by atoms with Crippen molar-refractivity contribution in [3.8, 4) is 0 Å².